The Labute approximate surface area is 219 Å². The van der Waals surface area contributed by atoms with Crippen LogP contribution in [-0.2, 0) is 20.3 Å². The summed E-state index contributed by atoms with van der Waals surface area (Å²) in [6.45, 7) is 0. The summed E-state index contributed by atoms with van der Waals surface area (Å²) < 4.78 is 73.8. The molecule has 4 aliphatic carbocycles. The molecule has 4 aliphatic rings. The van der Waals surface area contributed by atoms with E-state index in [1.54, 1.807) is 30.3 Å². The molecule has 7 rings (SSSR count). The average molecular weight is 545 g/mol. The van der Waals surface area contributed by atoms with Gasteiger partial charge in [-0.25, -0.2) is 4.79 Å². The Bertz CT molecular complexity index is 1490. The predicted molar refractivity (Wildman–Crippen MR) is 136 cm³/mol. The molecular formula is C29H27F3O5S. The van der Waals surface area contributed by atoms with Crippen LogP contribution in [0.4, 0.5) is 13.2 Å². The molecule has 0 atom stereocenters. The molecule has 0 radical (unpaired) electrons. The Morgan fingerprint density at radius 3 is 1.97 bits per heavy atom. The number of alkyl halides is 3. The zero-order valence-corrected chi connectivity index (χ0v) is 21.6. The number of fused-ring (bicyclic) bond motifs is 1. The van der Waals surface area contributed by atoms with Gasteiger partial charge in [0.1, 0.15) is 5.75 Å². The molecule has 3 aromatic rings. The summed E-state index contributed by atoms with van der Waals surface area (Å²) in [5.74, 6) is 0.861. The summed E-state index contributed by atoms with van der Waals surface area (Å²) >= 11 is 0. The van der Waals surface area contributed by atoms with E-state index in [1.807, 2.05) is 18.2 Å². The standard InChI is InChI=1S/C29H27F3O5S/c1-36-27(33)21-4-2-20(3-5-21)22-6-7-23-13-26(37-38(34,35)29(30,31)32)25(12-24(23)11-22)28-14-17-8-18(15-28)10-19(9-17)16-28/h2-7,11-13,17-19H,8-10,14-16H2,1H3. The van der Waals surface area contributed by atoms with Crippen molar-refractivity contribution in [3.63, 3.8) is 0 Å². The minimum Gasteiger partial charge on any atom is -0.465 e. The van der Waals surface area contributed by atoms with Gasteiger partial charge in [-0.2, -0.15) is 21.6 Å². The van der Waals surface area contributed by atoms with E-state index in [0.29, 0.717) is 34.3 Å². The summed E-state index contributed by atoms with van der Waals surface area (Å²) in [5.41, 5.74) is -3.19. The average Bonchev–Trinajstić information content (AvgIpc) is 2.86. The second kappa shape index (κ2) is 8.73. The van der Waals surface area contributed by atoms with Crippen molar-refractivity contribution in [1.82, 2.24) is 0 Å². The number of benzene rings is 3. The third-order valence-corrected chi connectivity index (χ3v) is 9.64. The Kier molecular flexibility index (Phi) is 5.79. The first-order valence-electron chi connectivity index (χ1n) is 12.7. The fourth-order valence-corrected chi connectivity index (χ4v) is 7.93. The van der Waals surface area contributed by atoms with Crippen LogP contribution < -0.4 is 4.18 Å². The van der Waals surface area contributed by atoms with Gasteiger partial charge in [0.05, 0.1) is 12.7 Å². The van der Waals surface area contributed by atoms with E-state index in [9.17, 15) is 26.4 Å². The number of ether oxygens (including phenoxy) is 1. The molecule has 4 bridgehead atoms. The highest BCUT2D eigenvalue weighted by Gasteiger charge is 2.54. The van der Waals surface area contributed by atoms with Crippen molar-refractivity contribution in [2.24, 2.45) is 17.8 Å². The number of esters is 1. The van der Waals surface area contributed by atoms with E-state index >= 15 is 0 Å². The number of carbonyl (C=O) groups is 1. The van der Waals surface area contributed by atoms with Crippen molar-refractivity contribution in [3.8, 4) is 16.9 Å². The van der Waals surface area contributed by atoms with Crippen LogP contribution >= 0.6 is 0 Å². The molecule has 9 heteroatoms. The zero-order valence-electron chi connectivity index (χ0n) is 20.8. The van der Waals surface area contributed by atoms with Crippen LogP contribution in [0.1, 0.15) is 54.4 Å². The SMILES string of the molecule is COC(=O)c1ccc(-c2ccc3cc(OS(=O)(=O)C(F)(F)F)c(C45CC6CC(CC(C6)C4)C5)cc3c2)cc1. The van der Waals surface area contributed by atoms with Gasteiger partial charge in [-0.05, 0) is 114 Å². The van der Waals surface area contributed by atoms with Crippen LogP contribution in [0.5, 0.6) is 5.75 Å². The van der Waals surface area contributed by atoms with Crippen molar-refractivity contribution in [1.29, 1.82) is 0 Å². The maximum Gasteiger partial charge on any atom is 0.534 e. The summed E-state index contributed by atoms with van der Waals surface area (Å²) in [4.78, 5) is 11.8. The second-order valence-electron chi connectivity index (χ2n) is 11.2. The van der Waals surface area contributed by atoms with Gasteiger partial charge in [0.2, 0.25) is 0 Å². The number of rotatable bonds is 5. The van der Waals surface area contributed by atoms with Crippen LogP contribution in [0.25, 0.3) is 21.9 Å². The van der Waals surface area contributed by atoms with Crippen molar-refractivity contribution in [2.75, 3.05) is 7.11 Å². The Balaban J connectivity index is 1.47. The lowest BCUT2D eigenvalue weighted by atomic mass is 9.48. The molecule has 0 heterocycles. The van der Waals surface area contributed by atoms with Gasteiger partial charge in [-0.3, -0.25) is 0 Å². The number of halogens is 3. The molecule has 3 aromatic carbocycles. The fraction of sp³-hybridized carbons (Fsp3) is 0.414. The molecule has 200 valence electrons. The van der Waals surface area contributed by atoms with Crippen LogP contribution in [-0.4, -0.2) is 27.0 Å². The third kappa shape index (κ3) is 4.25. The number of methoxy groups -OCH3 is 1. The molecule has 0 spiro atoms. The highest BCUT2D eigenvalue weighted by molar-refractivity contribution is 7.88. The molecule has 5 nitrogen and oxygen atoms in total. The van der Waals surface area contributed by atoms with Gasteiger partial charge < -0.3 is 8.92 Å². The Morgan fingerprint density at radius 2 is 1.42 bits per heavy atom. The van der Waals surface area contributed by atoms with E-state index in [4.69, 9.17) is 8.92 Å². The largest absolute Gasteiger partial charge is 0.534 e. The normalized spacial score (nSPS) is 26.5. The quantitative estimate of drug-likeness (QED) is 0.197. The minimum atomic E-state index is -5.82. The van der Waals surface area contributed by atoms with Crippen LogP contribution in [0.2, 0.25) is 0 Å². The first-order valence-corrected chi connectivity index (χ1v) is 14.1. The zero-order chi connectivity index (χ0) is 26.9. The summed E-state index contributed by atoms with van der Waals surface area (Å²) in [5, 5.41) is 1.38. The van der Waals surface area contributed by atoms with Crippen LogP contribution in [0.3, 0.4) is 0 Å². The van der Waals surface area contributed by atoms with Gasteiger partial charge in [-0.15, -0.1) is 0 Å². The Morgan fingerprint density at radius 1 is 0.842 bits per heavy atom. The van der Waals surface area contributed by atoms with E-state index in [2.05, 4.69) is 0 Å². The van der Waals surface area contributed by atoms with Crippen molar-refractivity contribution >= 4 is 26.9 Å². The number of hydrogen-bond acceptors (Lipinski definition) is 5. The van der Waals surface area contributed by atoms with Crippen molar-refractivity contribution in [2.45, 2.75) is 49.4 Å². The molecule has 0 saturated heterocycles. The van der Waals surface area contributed by atoms with Gasteiger partial charge >= 0.3 is 21.6 Å². The number of carbonyl (C=O) groups excluding carboxylic acids is 1. The van der Waals surface area contributed by atoms with Gasteiger partial charge in [0.15, 0.2) is 0 Å². The molecule has 0 aromatic heterocycles. The lowest BCUT2D eigenvalue weighted by Gasteiger charge is -2.57. The van der Waals surface area contributed by atoms with E-state index in [-0.39, 0.29) is 5.75 Å². The molecular weight excluding hydrogens is 517 g/mol. The summed E-state index contributed by atoms with van der Waals surface area (Å²) in [7, 11) is -4.50. The second-order valence-corrected chi connectivity index (χ2v) is 12.7. The van der Waals surface area contributed by atoms with E-state index < -0.39 is 27.0 Å². The smallest absolute Gasteiger partial charge is 0.465 e. The Hall–Kier alpha value is -3.07. The lowest BCUT2D eigenvalue weighted by Crippen LogP contribution is -2.48. The lowest BCUT2D eigenvalue weighted by molar-refractivity contribution is -0.0502. The topological polar surface area (TPSA) is 69.7 Å². The first kappa shape index (κ1) is 25.2. The van der Waals surface area contributed by atoms with Crippen LogP contribution in [0.15, 0.2) is 54.6 Å². The molecule has 0 amide bonds. The summed E-state index contributed by atoms with van der Waals surface area (Å²) in [6, 6.07) is 15.7. The fourth-order valence-electron chi connectivity index (χ4n) is 7.46. The van der Waals surface area contributed by atoms with E-state index in [0.717, 1.165) is 55.0 Å². The van der Waals surface area contributed by atoms with E-state index in [1.165, 1.54) is 13.2 Å². The molecule has 0 aliphatic heterocycles. The van der Waals surface area contributed by atoms with Crippen LogP contribution in [0, 0.1) is 17.8 Å². The van der Waals surface area contributed by atoms with Gasteiger partial charge in [0, 0.05) is 5.56 Å². The number of hydrogen-bond donors (Lipinski definition) is 0. The molecule has 4 fully saturated rings. The summed E-state index contributed by atoms with van der Waals surface area (Å²) in [6.07, 6.45) is 5.91. The van der Waals surface area contributed by atoms with Gasteiger partial charge in [-0.1, -0.05) is 24.3 Å². The molecule has 4 saturated carbocycles. The molecule has 38 heavy (non-hydrogen) atoms. The van der Waals surface area contributed by atoms with Gasteiger partial charge in [0.25, 0.3) is 0 Å². The highest BCUT2D eigenvalue weighted by atomic mass is 32.2. The van der Waals surface area contributed by atoms with Crippen molar-refractivity contribution < 1.29 is 35.3 Å². The first-order chi connectivity index (χ1) is 18.0. The maximum atomic E-state index is 13.3. The molecule has 0 unspecified atom stereocenters. The minimum absolute atomic E-state index is 0.216. The third-order valence-electron chi connectivity index (χ3n) is 8.67. The monoisotopic (exact) mass is 544 g/mol. The highest BCUT2D eigenvalue weighted by Crippen LogP contribution is 2.62. The predicted octanol–water partition coefficient (Wildman–Crippen LogP) is 6.99. The molecule has 0 N–H and O–H groups in total. The van der Waals surface area contributed by atoms with Crippen molar-refractivity contribution in [3.05, 3.63) is 65.7 Å². The maximum absolute atomic E-state index is 13.3.